The van der Waals surface area contributed by atoms with Crippen molar-refractivity contribution >= 4 is 28.6 Å². The third-order valence-electron chi connectivity index (χ3n) is 5.82. The van der Waals surface area contributed by atoms with E-state index in [1.165, 1.54) is 18.5 Å². The molecule has 30 heavy (non-hydrogen) atoms. The van der Waals surface area contributed by atoms with E-state index in [0.717, 1.165) is 24.1 Å². The first-order valence-corrected chi connectivity index (χ1v) is 9.97. The fraction of sp³-hybridized carbons (Fsp3) is 0.400. The Kier molecular flexibility index (Phi) is 4.31. The summed E-state index contributed by atoms with van der Waals surface area (Å²) < 4.78 is 15.9. The number of fused-ring (bicyclic) bond motifs is 1. The number of hydrogen-bond donors (Lipinski definition) is 3. The van der Waals surface area contributed by atoms with Crippen LogP contribution in [0.25, 0.3) is 11.2 Å². The van der Waals surface area contributed by atoms with Crippen molar-refractivity contribution < 1.29 is 9.18 Å². The van der Waals surface area contributed by atoms with E-state index >= 15 is 0 Å². The molecule has 0 spiro atoms. The molecule has 3 aromatic rings. The predicted molar refractivity (Wildman–Crippen MR) is 110 cm³/mol. The lowest BCUT2D eigenvalue weighted by atomic mass is 9.99. The van der Waals surface area contributed by atoms with Gasteiger partial charge < -0.3 is 26.3 Å². The van der Waals surface area contributed by atoms with E-state index in [2.05, 4.69) is 20.3 Å². The van der Waals surface area contributed by atoms with Crippen molar-refractivity contribution in [3.8, 4) is 0 Å². The Balaban J connectivity index is 1.43. The van der Waals surface area contributed by atoms with Gasteiger partial charge in [-0.2, -0.15) is 0 Å². The largest absolute Gasteiger partial charge is 0.382 e. The number of benzene rings is 1. The Morgan fingerprint density at radius 3 is 2.93 bits per heavy atom. The van der Waals surface area contributed by atoms with Gasteiger partial charge in [-0.3, -0.25) is 4.79 Å². The minimum Gasteiger partial charge on any atom is -0.382 e. The van der Waals surface area contributed by atoms with Crippen LogP contribution in [0.1, 0.15) is 24.8 Å². The Hall–Kier alpha value is -3.27. The van der Waals surface area contributed by atoms with Gasteiger partial charge >= 0.3 is 0 Å². The van der Waals surface area contributed by atoms with Gasteiger partial charge in [-0.15, -0.1) is 0 Å². The highest BCUT2D eigenvalue weighted by atomic mass is 19.1. The van der Waals surface area contributed by atoms with Crippen LogP contribution in [-0.2, 0) is 11.3 Å². The van der Waals surface area contributed by atoms with E-state index < -0.39 is 5.54 Å². The van der Waals surface area contributed by atoms with Crippen molar-refractivity contribution in [2.75, 3.05) is 23.7 Å². The predicted octanol–water partition coefficient (Wildman–Crippen LogP) is 0.782. The second-order valence-electron chi connectivity index (χ2n) is 8.15. The molecule has 3 heterocycles. The molecule has 1 saturated carbocycles. The standard InChI is InChI=1S/C20H23FN8O/c21-13-1-4-15(28-6-5-20(23,9-28)19(30)27-14-2-3-14)12(7-13)8-29-11-26-16-17(22)24-10-25-18(16)29/h1,4,7,10-11,14H,2-3,5-6,8-9,23H2,(H,27,30)(H2,22,24,25). The second kappa shape index (κ2) is 6.91. The van der Waals surface area contributed by atoms with Crippen molar-refractivity contribution in [3.05, 3.63) is 42.2 Å². The van der Waals surface area contributed by atoms with E-state index in [0.29, 0.717) is 43.0 Å². The summed E-state index contributed by atoms with van der Waals surface area (Å²) in [5.41, 5.74) is 14.0. The number of halogens is 1. The van der Waals surface area contributed by atoms with Crippen LogP contribution in [0, 0.1) is 5.82 Å². The summed E-state index contributed by atoms with van der Waals surface area (Å²) in [5, 5.41) is 3.00. The summed E-state index contributed by atoms with van der Waals surface area (Å²) in [5.74, 6) is -0.145. The fourth-order valence-corrected chi connectivity index (χ4v) is 3.97. The topological polar surface area (TPSA) is 128 Å². The third-order valence-corrected chi connectivity index (χ3v) is 5.82. The number of amides is 1. The number of aromatic nitrogens is 4. The van der Waals surface area contributed by atoms with Gasteiger partial charge in [-0.05, 0) is 43.0 Å². The molecule has 1 aromatic carbocycles. The van der Waals surface area contributed by atoms with Crippen LogP contribution in [0.15, 0.2) is 30.9 Å². The van der Waals surface area contributed by atoms with Gasteiger partial charge in [-0.1, -0.05) is 0 Å². The summed E-state index contributed by atoms with van der Waals surface area (Å²) >= 11 is 0. The van der Waals surface area contributed by atoms with Crippen LogP contribution in [0.4, 0.5) is 15.9 Å². The smallest absolute Gasteiger partial charge is 0.242 e. The van der Waals surface area contributed by atoms with Gasteiger partial charge in [0, 0.05) is 24.8 Å². The van der Waals surface area contributed by atoms with E-state index in [-0.39, 0.29) is 17.8 Å². The number of nitrogens with zero attached hydrogens (tertiary/aromatic N) is 5. The van der Waals surface area contributed by atoms with Gasteiger partial charge in [0.2, 0.25) is 5.91 Å². The molecule has 2 aromatic heterocycles. The fourth-order valence-electron chi connectivity index (χ4n) is 3.97. The zero-order valence-electron chi connectivity index (χ0n) is 16.4. The first-order chi connectivity index (χ1) is 14.4. The van der Waals surface area contributed by atoms with Gasteiger partial charge in [0.1, 0.15) is 23.2 Å². The highest BCUT2D eigenvalue weighted by molar-refractivity contribution is 5.88. The average molecular weight is 410 g/mol. The Labute approximate surface area is 172 Å². The van der Waals surface area contributed by atoms with Gasteiger partial charge in [0.25, 0.3) is 0 Å². The first kappa shape index (κ1) is 18.7. The van der Waals surface area contributed by atoms with Crippen molar-refractivity contribution in [2.24, 2.45) is 5.73 Å². The van der Waals surface area contributed by atoms with Crippen LogP contribution >= 0.6 is 0 Å². The quantitative estimate of drug-likeness (QED) is 0.567. The number of nitrogens with one attached hydrogen (secondary N) is 1. The van der Waals surface area contributed by atoms with Crippen LogP contribution in [0.2, 0.25) is 0 Å². The first-order valence-electron chi connectivity index (χ1n) is 9.97. The number of anilines is 2. The lowest BCUT2D eigenvalue weighted by Crippen LogP contribution is -2.56. The SMILES string of the molecule is Nc1ncnc2c1ncn2Cc1cc(F)ccc1N1CCC(N)(C(=O)NC2CC2)C1. The normalized spacial score (nSPS) is 21.3. The Morgan fingerprint density at radius 2 is 2.13 bits per heavy atom. The molecule has 1 saturated heterocycles. The summed E-state index contributed by atoms with van der Waals surface area (Å²) in [6, 6.07) is 4.91. The van der Waals surface area contributed by atoms with Crippen molar-refractivity contribution in [1.29, 1.82) is 0 Å². The maximum absolute atomic E-state index is 14.1. The molecule has 1 unspecified atom stereocenters. The van der Waals surface area contributed by atoms with E-state index in [9.17, 15) is 9.18 Å². The van der Waals surface area contributed by atoms with Crippen molar-refractivity contribution in [2.45, 2.75) is 37.4 Å². The second-order valence-corrected chi connectivity index (χ2v) is 8.15. The maximum Gasteiger partial charge on any atom is 0.242 e. The third kappa shape index (κ3) is 3.32. The molecule has 1 aliphatic heterocycles. The van der Waals surface area contributed by atoms with Crippen LogP contribution < -0.4 is 21.7 Å². The number of carbonyl (C=O) groups is 1. The lowest BCUT2D eigenvalue weighted by molar-refractivity contribution is -0.125. The van der Waals surface area contributed by atoms with Crippen LogP contribution in [0.5, 0.6) is 0 Å². The molecule has 9 nitrogen and oxygen atoms in total. The molecule has 1 atom stereocenters. The highest BCUT2D eigenvalue weighted by Gasteiger charge is 2.43. The zero-order valence-corrected chi connectivity index (χ0v) is 16.4. The summed E-state index contributed by atoms with van der Waals surface area (Å²) in [6.07, 6.45) is 5.57. The Morgan fingerprint density at radius 1 is 1.30 bits per heavy atom. The number of nitrogens with two attached hydrogens (primary N) is 2. The molecular weight excluding hydrogens is 387 g/mol. The molecule has 156 valence electrons. The number of carbonyl (C=O) groups excluding carboxylic acids is 1. The van der Waals surface area contributed by atoms with E-state index in [1.807, 2.05) is 4.90 Å². The summed E-state index contributed by atoms with van der Waals surface area (Å²) in [7, 11) is 0. The molecule has 5 rings (SSSR count). The highest BCUT2D eigenvalue weighted by Crippen LogP contribution is 2.31. The molecule has 5 N–H and O–H groups in total. The minimum absolute atomic E-state index is 0.107. The van der Waals surface area contributed by atoms with Crippen LogP contribution in [0.3, 0.4) is 0 Å². The lowest BCUT2D eigenvalue weighted by Gasteiger charge is -2.26. The van der Waals surface area contributed by atoms with Gasteiger partial charge in [-0.25, -0.2) is 19.3 Å². The minimum atomic E-state index is -0.947. The molecule has 0 radical (unpaired) electrons. The Bertz CT molecular complexity index is 1130. The van der Waals surface area contributed by atoms with Gasteiger partial charge in [0.15, 0.2) is 11.5 Å². The molecular formula is C20H23FN8O. The van der Waals surface area contributed by atoms with Crippen molar-refractivity contribution in [1.82, 2.24) is 24.8 Å². The maximum atomic E-state index is 14.1. The summed E-state index contributed by atoms with van der Waals surface area (Å²) in [4.78, 5) is 27.1. The molecule has 1 amide bonds. The number of imidazole rings is 1. The number of hydrogen-bond acceptors (Lipinski definition) is 7. The average Bonchev–Trinajstić information content (AvgIpc) is 3.29. The van der Waals surface area contributed by atoms with Crippen molar-refractivity contribution in [3.63, 3.8) is 0 Å². The van der Waals surface area contributed by atoms with Gasteiger partial charge in [0.05, 0.1) is 12.9 Å². The monoisotopic (exact) mass is 410 g/mol. The molecule has 0 bridgehead atoms. The number of rotatable bonds is 5. The molecule has 2 aliphatic rings. The zero-order chi connectivity index (χ0) is 20.9. The van der Waals surface area contributed by atoms with E-state index in [1.54, 1.807) is 17.0 Å². The molecule has 10 heteroatoms. The van der Waals surface area contributed by atoms with E-state index in [4.69, 9.17) is 11.5 Å². The number of nitrogen functional groups attached to an aromatic ring is 1. The molecule has 2 fully saturated rings. The molecule has 1 aliphatic carbocycles. The van der Waals surface area contributed by atoms with Crippen LogP contribution in [-0.4, -0.2) is 50.1 Å². The summed E-state index contributed by atoms with van der Waals surface area (Å²) in [6.45, 7) is 1.35.